The summed E-state index contributed by atoms with van der Waals surface area (Å²) in [7, 11) is 0. The van der Waals surface area contributed by atoms with E-state index in [4.69, 9.17) is 4.74 Å². The molecule has 0 unspecified atom stereocenters. The highest BCUT2D eigenvalue weighted by Crippen LogP contribution is 2.42. The first-order valence-corrected chi connectivity index (χ1v) is 8.72. The predicted octanol–water partition coefficient (Wildman–Crippen LogP) is 3.58. The number of fused-ring (bicyclic) bond motifs is 2. The summed E-state index contributed by atoms with van der Waals surface area (Å²) in [6.07, 6.45) is 3.36. The highest BCUT2D eigenvalue weighted by molar-refractivity contribution is 9.10. The zero-order valence-corrected chi connectivity index (χ0v) is 14.0. The van der Waals surface area contributed by atoms with Gasteiger partial charge in [0.2, 0.25) is 0 Å². The van der Waals surface area contributed by atoms with Crippen LogP contribution in [-0.4, -0.2) is 31.3 Å². The first kappa shape index (κ1) is 15.9. The molecule has 0 aromatic heterocycles. The van der Waals surface area contributed by atoms with Crippen LogP contribution in [0.4, 0.5) is 4.39 Å². The van der Waals surface area contributed by atoms with Crippen LogP contribution in [0.1, 0.15) is 37.2 Å². The van der Waals surface area contributed by atoms with E-state index in [9.17, 15) is 9.18 Å². The number of carbonyl (C=O) groups is 1. The molecule has 2 aliphatic heterocycles. The number of ether oxygens (including phenoxy) is 1. The number of nitrogens with one attached hydrogen (secondary N) is 1. The Labute approximate surface area is 138 Å². The fraction of sp³-hybridized carbons (Fsp3) is 0.588. The highest BCUT2D eigenvalue weighted by atomic mass is 79.9. The van der Waals surface area contributed by atoms with Crippen molar-refractivity contribution >= 4 is 21.9 Å². The Kier molecular flexibility index (Phi) is 5.14. The molecule has 3 nitrogen and oxygen atoms in total. The molecule has 2 saturated heterocycles. The summed E-state index contributed by atoms with van der Waals surface area (Å²) in [6, 6.07) is 8.85. The maximum atomic E-state index is 12.5. The third kappa shape index (κ3) is 3.35. The van der Waals surface area contributed by atoms with Gasteiger partial charge in [-0.25, -0.2) is 0 Å². The third-order valence-electron chi connectivity index (χ3n) is 4.75. The van der Waals surface area contributed by atoms with E-state index >= 15 is 0 Å². The van der Waals surface area contributed by atoms with Gasteiger partial charge in [0.05, 0.1) is 19.2 Å². The minimum atomic E-state index is -0.448. The van der Waals surface area contributed by atoms with Crippen LogP contribution in [0.5, 0.6) is 0 Å². The van der Waals surface area contributed by atoms with E-state index in [2.05, 4.69) is 33.4 Å². The molecule has 22 heavy (non-hydrogen) atoms. The minimum Gasteiger partial charge on any atom is -0.465 e. The molecule has 0 aliphatic carbocycles. The van der Waals surface area contributed by atoms with Crippen LogP contribution < -0.4 is 5.32 Å². The second kappa shape index (κ2) is 7.09. The van der Waals surface area contributed by atoms with Crippen molar-refractivity contribution in [3.8, 4) is 0 Å². The Balaban J connectivity index is 1.80. The topological polar surface area (TPSA) is 38.3 Å². The van der Waals surface area contributed by atoms with Crippen molar-refractivity contribution in [3.05, 3.63) is 34.3 Å². The zero-order valence-electron chi connectivity index (χ0n) is 12.4. The van der Waals surface area contributed by atoms with Gasteiger partial charge in [0.15, 0.2) is 0 Å². The molecule has 0 amide bonds. The molecule has 120 valence electrons. The summed E-state index contributed by atoms with van der Waals surface area (Å²) in [5.74, 6) is -0.182. The number of alkyl halides is 1. The lowest BCUT2D eigenvalue weighted by molar-refractivity contribution is -0.151. The lowest BCUT2D eigenvalue weighted by Gasteiger charge is -2.36. The van der Waals surface area contributed by atoms with Gasteiger partial charge < -0.3 is 10.1 Å². The summed E-state index contributed by atoms with van der Waals surface area (Å²) in [4.78, 5) is 12.5. The normalized spacial score (nSPS) is 30.3. The van der Waals surface area contributed by atoms with E-state index < -0.39 is 6.67 Å². The second-order valence-electron chi connectivity index (χ2n) is 6.18. The van der Waals surface area contributed by atoms with Crippen LogP contribution in [0.25, 0.3) is 0 Å². The molecule has 5 heteroatoms. The fourth-order valence-electron chi connectivity index (χ4n) is 3.79. The third-order valence-corrected chi connectivity index (χ3v) is 5.25. The maximum absolute atomic E-state index is 12.5. The number of esters is 1. The second-order valence-corrected chi connectivity index (χ2v) is 7.10. The van der Waals surface area contributed by atoms with Crippen LogP contribution in [0, 0.1) is 5.92 Å². The van der Waals surface area contributed by atoms with Crippen molar-refractivity contribution in [1.29, 1.82) is 0 Å². The molecule has 0 spiro atoms. The first-order valence-electron chi connectivity index (χ1n) is 7.93. The summed E-state index contributed by atoms with van der Waals surface area (Å²) in [5.41, 5.74) is 1.18. The lowest BCUT2D eigenvalue weighted by Crippen LogP contribution is -2.48. The van der Waals surface area contributed by atoms with Crippen molar-refractivity contribution in [1.82, 2.24) is 5.32 Å². The maximum Gasteiger partial charge on any atom is 0.311 e. The number of piperidine rings is 1. The molecule has 1 N–H and O–H groups in total. The number of benzene rings is 1. The van der Waals surface area contributed by atoms with Crippen LogP contribution in [0.15, 0.2) is 28.7 Å². The molecule has 2 bridgehead atoms. The van der Waals surface area contributed by atoms with E-state index in [0.29, 0.717) is 6.04 Å². The van der Waals surface area contributed by atoms with Gasteiger partial charge in [0, 0.05) is 28.9 Å². The van der Waals surface area contributed by atoms with Crippen molar-refractivity contribution in [2.45, 2.75) is 43.7 Å². The molecule has 2 heterocycles. The van der Waals surface area contributed by atoms with E-state index in [-0.39, 0.29) is 36.9 Å². The van der Waals surface area contributed by atoms with Gasteiger partial charge in [-0.3, -0.25) is 9.18 Å². The average Bonchev–Trinajstić information content (AvgIpc) is 2.88. The average molecular weight is 370 g/mol. The molecule has 3 rings (SSSR count). The molecule has 1 aromatic carbocycles. The molecule has 2 aliphatic rings. The number of hydrogen-bond donors (Lipinski definition) is 1. The Morgan fingerprint density at radius 1 is 1.41 bits per heavy atom. The van der Waals surface area contributed by atoms with Gasteiger partial charge in [-0.05, 0) is 37.0 Å². The first-order chi connectivity index (χ1) is 10.7. The van der Waals surface area contributed by atoms with Crippen molar-refractivity contribution < 1.29 is 13.9 Å². The number of hydrogen-bond acceptors (Lipinski definition) is 3. The quantitative estimate of drug-likeness (QED) is 0.636. The van der Waals surface area contributed by atoms with Gasteiger partial charge in [-0.15, -0.1) is 0 Å². The molecule has 4 atom stereocenters. The van der Waals surface area contributed by atoms with Gasteiger partial charge in [0.1, 0.15) is 0 Å². The largest absolute Gasteiger partial charge is 0.465 e. The Bertz CT molecular complexity index is 539. The Morgan fingerprint density at radius 2 is 2.27 bits per heavy atom. The summed E-state index contributed by atoms with van der Waals surface area (Å²) < 4.78 is 18.6. The SMILES string of the molecule is O=C(OCCCF)[C@H]1[C@@H](c2cccc(Br)c2)C[C@@H]2CC[C@H]1N2. The fourth-order valence-corrected chi connectivity index (χ4v) is 4.20. The van der Waals surface area contributed by atoms with Crippen molar-refractivity contribution in [2.24, 2.45) is 5.92 Å². The lowest BCUT2D eigenvalue weighted by atomic mass is 9.77. The molecule has 1 aromatic rings. The Morgan fingerprint density at radius 3 is 3.05 bits per heavy atom. The highest BCUT2D eigenvalue weighted by Gasteiger charge is 2.46. The zero-order chi connectivity index (χ0) is 15.5. The molecular weight excluding hydrogens is 349 g/mol. The van der Waals surface area contributed by atoms with Crippen LogP contribution in [0.2, 0.25) is 0 Å². The summed E-state index contributed by atoms with van der Waals surface area (Å²) >= 11 is 3.51. The van der Waals surface area contributed by atoms with Gasteiger partial charge in [-0.2, -0.15) is 0 Å². The van der Waals surface area contributed by atoms with E-state index in [0.717, 1.165) is 23.7 Å². The van der Waals surface area contributed by atoms with E-state index in [1.807, 2.05) is 12.1 Å². The van der Waals surface area contributed by atoms with Gasteiger partial charge in [-0.1, -0.05) is 28.1 Å². The minimum absolute atomic E-state index is 0.173. The number of rotatable bonds is 5. The smallest absolute Gasteiger partial charge is 0.311 e. The standard InChI is InChI=1S/C17H21BrFNO2/c18-12-4-1-3-11(9-12)14-10-13-5-6-15(20-13)16(14)17(21)22-8-2-7-19/h1,3-4,9,13-16,20H,2,5-8,10H2/t13-,14+,15+,16-/m0/s1. The van der Waals surface area contributed by atoms with Gasteiger partial charge >= 0.3 is 5.97 Å². The van der Waals surface area contributed by atoms with E-state index in [1.54, 1.807) is 0 Å². The Hall–Kier alpha value is -0.940. The van der Waals surface area contributed by atoms with Crippen molar-refractivity contribution in [2.75, 3.05) is 13.3 Å². The van der Waals surface area contributed by atoms with Gasteiger partial charge in [0.25, 0.3) is 0 Å². The van der Waals surface area contributed by atoms with Crippen LogP contribution >= 0.6 is 15.9 Å². The summed E-state index contributed by atoms with van der Waals surface area (Å²) in [5, 5.41) is 3.54. The van der Waals surface area contributed by atoms with Crippen molar-refractivity contribution in [3.63, 3.8) is 0 Å². The molecular formula is C17H21BrFNO2. The predicted molar refractivity (Wildman–Crippen MR) is 86.5 cm³/mol. The van der Waals surface area contributed by atoms with E-state index in [1.165, 1.54) is 5.56 Å². The summed E-state index contributed by atoms with van der Waals surface area (Å²) in [6.45, 7) is -0.274. The van der Waals surface area contributed by atoms with Crippen LogP contribution in [-0.2, 0) is 9.53 Å². The molecule has 0 saturated carbocycles. The van der Waals surface area contributed by atoms with Crippen LogP contribution in [0.3, 0.4) is 0 Å². The number of halogens is 2. The number of carbonyl (C=O) groups excluding carboxylic acids is 1. The monoisotopic (exact) mass is 369 g/mol. The molecule has 0 radical (unpaired) electrons. The molecule has 2 fully saturated rings.